The Labute approximate surface area is 491 Å². The van der Waals surface area contributed by atoms with E-state index in [1.54, 1.807) is 0 Å². The molecule has 9 nitrogen and oxygen atoms in total. The van der Waals surface area contributed by atoms with Gasteiger partial charge in [-0.15, -0.1) is 0 Å². The maximum absolute atomic E-state index is 13.5. The van der Waals surface area contributed by atoms with Gasteiger partial charge in [-0.1, -0.05) is 302 Å². The lowest BCUT2D eigenvalue weighted by molar-refractivity contribution is -0.870. The zero-order valence-corrected chi connectivity index (χ0v) is 54.3. The van der Waals surface area contributed by atoms with Crippen molar-refractivity contribution in [2.75, 3.05) is 40.9 Å². The number of ether oxygens (including phenoxy) is 1. The summed E-state index contributed by atoms with van der Waals surface area (Å²) in [6, 6.07) is -0.843. The first kappa shape index (κ1) is 77.2. The number of rotatable bonds is 63. The zero-order valence-electron chi connectivity index (χ0n) is 53.4. The van der Waals surface area contributed by atoms with Gasteiger partial charge >= 0.3 is 13.8 Å². The first-order chi connectivity index (χ1) is 38.4. The highest BCUT2D eigenvalue weighted by atomic mass is 31.2. The predicted molar refractivity (Wildman–Crippen MR) is 342 cm³/mol. The van der Waals surface area contributed by atoms with Crippen molar-refractivity contribution in [2.45, 2.75) is 354 Å². The summed E-state index contributed by atoms with van der Waals surface area (Å²) in [5.74, 6) is -0.486. The maximum atomic E-state index is 13.5. The van der Waals surface area contributed by atoms with E-state index in [0.29, 0.717) is 23.9 Å². The number of likely N-dealkylation sites (N-methyl/N-ethyl adjacent to an activating group) is 1. The molecule has 0 heterocycles. The van der Waals surface area contributed by atoms with Crippen molar-refractivity contribution in [2.24, 2.45) is 0 Å². The molecule has 1 amide bonds. The molecule has 0 saturated heterocycles. The number of carbonyl (C=O) groups excluding carboxylic acids is 2. The number of amides is 1. The minimum Gasteiger partial charge on any atom is -0.456 e. The number of quaternary nitrogens is 1. The largest absolute Gasteiger partial charge is 0.472 e. The van der Waals surface area contributed by atoms with E-state index in [4.69, 9.17) is 13.8 Å². The molecule has 0 spiro atoms. The number of phosphoric acid groups is 1. The molecule has 0 saturated carbocycles. The van der Waals surface area contributed by atoms with Crippen LogP contribution in [0.1, 0.15) is 342 Å². The molecule has 0 fully saturated rings. The number of nitrogens with zero attached hydrogens (tertiary/aromatic N) is 1. The van der Waals surface area contributed by atoms with E-state index in [-0.39, 0.29) is 25.1 Å². The molecule has 0 aromatic carbocycles. The number of unbranched alkanes of at least 4 members (excludes halogenated alkanes) is 43. The Balaban J connectivity index is 4.97. The van der Waals surface area contributed by atoms with Crippen LogP contribution in [-0.2, 0) is 27.9 Å². The van der Waals surface area contributed by atoms with E-state index < -0.39 is 20.0 Å². The van der Waals surface area contributed by atoms with E-state index in [9.17, 15) is 19.0 Å². The topological polar surface area (TPSA) is 111 Å². The zero-order chi connectivity index (χ0) is 57.9. The third-order valence-electron chi connectivity index (χ3n) is 15.6. The van der Waals surface area contributed by atoms with E-state index in [1.165, 1.54) is 244 Å². The van der Waals surface area contributed by atoms with Crippen LogP contribution in [0.5, 0.6) is 0 Å². The summed E-state index contributed by atoms with van der Waals surface area (Å²) in [6.45, 7) is 7.04. The van der Waals surface area contributed by atoms with Gasteiger partial charge < -0.3 is 19.4 Å². The summed E-state index contributed by atoms with van der Waals surface area (Å²) in [5, 5.41) is 3.07. The summed E-state index contributed by atoms with van der Waals surface area (Å²) in [4.78, 5) is 37.8. The van der Waals surface area contributed by atoms with Gasteiger partial charge in [0.1, 0.15) is 19.3 Å². The van der Waals surface area contributed by atoms with E-state index in [1.807, 2.05) is 33.3 Å². The van der Waals surface area contributed by atoms with Crippen LogP contribution in [0.25, 0.3) is 0 Å². The third kappa shape index (κ3) is 60.6. The quantitative estimate of drug-likeness (QED) is 0.0205. The second-order valence-electron chi connectivity index (χ2n) is 24.7. The fourth-order valence-corrected chi connectivity index (χ4v) is 11.0. The molecular weight excluding hydrogens is 1000 g/mol. The molecule has 0 aliphatic rings. The van der Waals surface area contributed by atoms with Crippen LogP contribution in [0.15, 0.2) is 36.5 Å². The molecular formula is C69H134N2O7P+. The van der Waals surface area contributed by atoms with Crippen LogP contribution >= 0.6 is 7.82 Å². The Kier molecular flexibility index (Phi) is 58.1. The number of carbonyl (C=O) groups is 2. The molecule has 0 aromatic rings. The number of allylic oxidation sites excluding steroid dienone is 5. The lowest BCUT2D eigenvalue weighted by Gasteiger charge is -2.27. The van der Waals surface area contributed by atoms with Crippen molar-refractivity contribution < 1.29 is 37.3 Å². The molecule has 2 N–H and O–H groups in total. The van der Waals surface area contributed by atoms with E-state index in [2.05, 4.69) is 50.4 Å². The van der Waals surface area contributed by atoms with Gasteiger partial charge in [0.15, 0.2) is 0 Å². The third-order valence-corrected chi connectivity index (χ3v) is 16.6. The standard InChI is InChI=1S/C69H133N2O7P/c1-7-10-13-16-19-22-25-28-30-31-32-33-34-35-36-37-38-39-40-41-42-44-47-50-53-56-59-62-69(73)78-67(60-57-54-51-48-45-27-24-21-18-15-12-9-3)66(65-77-79(74,75)76-64-63-71(4,5)6)70-68(72)61-58-55-52-49-46-43-29-26-23-20-17-14-11-8-2/h19,22,28,30,57,60,66-67H,7-18,20-21,23-27,29,31-56,58-59,61-65H2,1-6H3,(H-,70,72,74,75)/p+1/b22-19-,30-28-,60-57-. The molecule has 0 aromatic heterocycles. The van der Waals surface area contributed by atoms with Crippen LogP contribution in [-0.4, -0.2) is 74.3 Å². The highest BCUT2D eigenvalue weighted by Gasteiger charge is 2.30. The van der Waals surface area contributed by atoms with E-state index in [0.717, 1.165) is 64.2 Å². The van der Waals surface area contributed by atoms with Gasteiger partial charge in [0.05, 0.1) is 33.8 Å². The summed E-state index contributed by atoms with van der Waals surface area (Å²) in [5.41, 5.74) is 0. The van der Waals surface area contributed by atoms with Gasteiger partial charge in [-0.05, 0) is 63.9 Å². The number of hydrogen-bond donors (Lipinski definition) is 2. The summed E-state index contributed by atoms with van der Waals surface area (Å²) >= 11 is 0. The molecule has 466 valence electrons. The van der Waals surface area contributed by atoms with Gasteiger partial charge in [-0.3, -0.25) is 18.6 Å². The fraction of sp³-hybridized carbons (Fsp3) is 0.884. The van der Waals surface area contributed by atoms with Crippen LogP contribution in [0.3, 0.4) is 0 Å². The van der Waals surface area contributed by atoms with Crippen molar-refractivity contribution in [3.63, 3.8) is 0 Å². The van der Waals surface area contributed by atoms with Crippen LogP contribution < -0.4 is 5.32 Å². The highest BCUT2D eigenvalue weighted by Crippen LogP contribution is 2.43. The maximum Gasteiger partial charge on any atom is 0.472 e. The number of nitrogens with one attached hydrogen (secondary N) is 1. The fourth-order valence-electron chi connectivity index (χ4n) is 10.3. The van der Waals surface area contributed by atoms with Crippen molar-refractivity contribution in [1.82, 2.24) is 5.32 Å². The average molecular weight is 1130 g/mol. The smallest absolute Gasteiger partial charge is 0.456 e. The lowest BCUT2D eigenvalue weighted by Crippen LogP contribution is -2.47. The molecule has 10 heteroatoms. The van der Waals surface area contributed by atoms with Crippen molar-refractivity contribution >= 4 is 19.7 Å². The molecule has 0 radical (unpaired) electrons. The summed E-state index contributed by atoms with van der Waals surface area (Å²) < 4.78 is 30.8. The monoisotopic (exact) mass is 1130 g/mol. The second-order valence-corrected chi connectivity index (χ2v) is 26.2. The normalized spacial score (nSPS) is 13.8. The molecule has 0 rings (SSSR count). The lowest BCUT2D eigenvalue weighted by atomic mass is 10.0. The Morgan fingerprint density at radius 1 is 0.443 bits per heavy atom. The van der Waals surface area contributed by atoms with E-state index >= 15 is 0 Å². The predicted octanol–water partition coefficient (Wildman–Crippen LogP) is 21.5. The summed E-state index contributed by atoms with van der Waals surface area (Å²) in [7, 11) is 1.51. The first-order valence-electron chi connectivity index (χ1n) is 34.3. The molecule has 79 heavy (non-hydrogen) atoms. The average Bonchev–Trinajstić information content (AvgIpc) is 3.41. The van der Waals surface area contributed by atoms with Gasteiger partial charge in [-0.2, -0.15) is 0 Å². The van der Waals surface area contributed by atoms with Crippen LogP contribution in [0, 0.1) is 0 Å². The van der Waals surface area contributed by atoms with Crippen molar-refractivity contribution in [3.8, 4) is 0 Å². The van der Waals surface area contributed by atoms with Gasteiger partial charge in [0, 0.05) is 12.8 Å². The number of phosphoric ester groups is 1. The van der Waals surface area contributed by atoms with Crippen molar-refractivity contribution in [3.05, 3.63) is 36.5 Å². The summed E-state index contributed by atoms with van der Waals surface area (Å²) in [6.07, 6.45) is 73.0. The number of hydrogen-bond acceptors (Lipinski definition) is 6. The minimum absolute atomic E-state index is 0.0438. The Morgan fingerprint density at radius 3 is 1.16 bits per heavy atom. The van der Waals surface area contributed by atoms with Crippen molar-refractivity contribution in [1.29, 1.82) is 0 Å². The number of esters is 1. The van der Waals surface area contributed by atoms with Crippen LogP contribution in [0.4, 0.5) is 0 Å². The molecule has 0 aliphatic heterocycles. The van der Waals surface area contributed by atoms with Gasteiger partial charge in [0.25, 0.3) is 0 Å². The Bertz CT molecular complexity index is 1450. The Hall–Kier alpha value is -1.77. The highest BCUT2D eigenvalue weighted by molar-refractivity contribution is 7.47. The molecule has 3 atom stereocenters. The molecule has 0 bridgehead atoms. The Morgan fingerprint density at radius 2 is 0.772 bits per heavy atom. The first-order valence-corrected chi connectivity index (χ1v) is 35.8. The molecule has 0 aliphatic carbocycles. The van der Waals surface area contributed by atoms with Gasteiger partial charge in [-0.25, -0.2) is 4.57 Å². The SMILES string of the molecule is CCCCC/C=C\C/C=C\CCCCCCCCCCCCCCCCCCCC(=O)OC(/C=C\CCCCCCCCCCCC)C(COP(=O)(O)OCC[N+](C)(C)C)NC(=O)CCCCCCCCCCCCCCCC. The van der Waals surface area contributed by atoms with Crippen LogP contribution in [0.2, 0.25) is 0 Å². The van der Waals surface area contributed by atoms with Gasteiger partial charge in [0.2, 0.25) is 5.91 Å². The molecule has 3 unspecified atom stereocenters. The second kappa shape index (κ2) is 59.4. The minimum atomic E-state index is -4.44.